The fraction of sp³-hybridized carbons (Fsp3) is 0.222. The highest BCUT2D eigenvalue weighted by molar-refractivity contribution is 7.89. The molecule has 35 heavy (non-hydrogen) atoms. The average Bonchev–Trinajstić information content (AvgIpc) is 2.86. The first-order chi connectivity index (χ1) is 16.8. The van der Waals surface area contributed by atoms with Gasteiger partial charge in [-0.3, -0.25) is 0 Å². The summed E-state index contributed by atoms with van der Waals surface area (Å²) in [6.45, 7) is 2.38. The molecule has 0 aliphatic rings. The van der Waals surface area contributed by atoms with E-state index in [1.807, 2.05) is 67.6 Å². The fourth-order valence-electron chi connectivity index (χ4n) is 3.92. The first-order valence-electron chi connectivity index (χ1n) is 11.2. The van der Waals surface area contributed by atoms with E-state index in [1.165, 1.54) is 4.31 Å². The van der Waals surface area contributed by atoms with Crippen molar-refractivity contribution in [2.45, 2.75) is 30.6 Å². The van der Waals surface area contributed by atoms with Crippen LogP contribution in [0.5, 0.6) is 5.75 Å². The van der Waals surface area contributed by atoms with Crippen LogP contribution in [0.4, 0.5) is 0 Å². The molecule has 0 radical (unpaired) electrons. The van der Waals surface area contributed by atoms with E-state index in [2.05, 4.69) is 17.6 Å². The van der Waals surface area contributed by atoms with Gasteiger partial charge in [0.25, 0.3) is 0 Å². The Morgan fingerprint density at radius 2 is 1.74 bits per heavy atom. The first-order valence-corrected chi connectivity index (χ1v) is 13.7. The van der Waals surface area contributed by atoms with Gasteiger partial charge in [-0.15, -0.1) is 0 Å². The molecular weight excluding hydrogens is 500 g/mol. The Morgan fingerprint density at radius 3 is 2.49 bits per heavy atom. The maximum absolute atomic E-state index is 13.5. The van der Waals surface area contributed by atoms with Gasteiger partial charge in [0.1, 0.15) is 17.9 Å². The van der Waals surface area contributed by atoms with Crippen LogP contribution in [0.3, 0.4) is 0 Å². The van der Waals surface area contributed by atoms with Crippen molar-refractivity contribution in [3.63, 3.8) is 0 Å². The summed E-state index contributed by atoms with van der Waals surface area (Å²) in [4.78, 5) is 4.80. The van der Waals surface area contributed by atoms with Crippen molar-refractivity contribution in [3.05, 3.63) is 100 Å². The van der Waals surface area contributed by atoms with Gasteiger partial charge in [-0.05, 0) is 48.7 Å². The van der Waals surface area contributed by atoms with E-state index in [4.69, 9.17) is 16.3 Å². The number of benzene rings is 3. The van der Waals surface area contributed by atoms with Gasteiger partial charge in [0.05, 0.1) is 4.90 Å². The molecule has 0 atom stereocenters. The minimum Gasteiger partial charge on any atom is -0.487 e. The molecule has 0 saturated carbocycles. The molecule has 3 aromatic carbocycles. The number of pyridine rings is 1. The summed E-state index contributed by atoms with van der Waals surface area (Å²) in [5, 5.41) is 1.40. The minimum atomic E-state index is -3.76. The van der Waals surface area contributed by atoms with Crippen molar-refractivity contribution in [2.24, 2.45) is 0 Å². The zero-order valence-electron chi connectivity index (χ0n) is 19.6. The lowest BCUT2D eigenvalue weighted by molar-refractivity contribution is 0.308. The largest absolute Gasteiger partial charge is 0.487 e. The molecule has 5 nitrogen and oxygen atoms in total. The number of likely N-dealkylation sites (N-methyl/N-ethyl adjacent to an activating group) is 1. The Morgan fingerprint density at radius 1 is 0.971 bits per heavy atom. The molecule has 182 valence electrons. The van der Waals surface area contributed by atoms with Crippen LogP contribution in [-0.2, 0) is 28.8 Å². The van der Waals surface area contributed by atoms with Crippen LogP contribution in [0.2, 0.25) is 5.02 Å². The van der Waals surface area contributed by atoms with Gasteiger partial charge in [-0.1, -0.05) is 60.1 Å². The second-order valence-corrected chi connectivity index (χ2v) is 11.0. The van der Waals surface area contributed by atoms with Crippen LogP contribution in [0.15, 0.2) is 77.7 Å². The number of halogens is 1. The van der Waals surface area contributed by atoms with E-state index in [1.54, 1.807) is 19.2 Å². The van der Waals surface area contributed by atoms with Gasteiger partial charge < -0.3 is 4.74 Å². The number of nitrogens with zero attached hydrogens (tertiary/aromatic N) is 2. The van der Waals surface area contributed by atoms with Crippen molar-refractivity contribution in [3.8, 4) is 5.75 Å². The van der Waals surface area contributed by atoms with Crippen LogP contribution >= 0.6 is 24.2 Å². The topological polar surface area (TPSA) is 59.5 Å². The van der Waals surface area contributed by atoms with Gasteiger partial charge >= 0.3 is 0 Å². The molecule has 8 heteroatoms. The first kappa shape index (κ1) is 25.5. The summed E-state index contributed by atoms with van der Waals surface area (Å²) in [6.07, 6.45) is 0.615. The Balaban J connectivity index is 1.61. The summed E-state index contributed by atoms with van der Waals surface area (Å²) in [6, 6.07) is 22.6. The maximum atomic E-state index is 13.5. The van der Waals surface area contributed by atoms with E-state index < -0.39 is 10.0 Å². The van der Waals surface area contributed by atoms with E-state index in [-0.39, 0.29) is 17.3 Å². The van der Waals surface area contributed by atoms with Crippen molar-refractivity contribution in [2.75, 3.05) is 13.6 Å². The number of aromatic nitrogens is 1. The smallest absolute Gasteiger partial charge is 0.243 e. The summed E-state index contributed by atoms with van der Waals surface area (Å²) in [5.41, 5.74) is 3.85. The SMILES string of the molecule is Cc1ccc2cccc(OCc3c(Cl)ccc(S(=O)(=O)N(C)CCc4ccccc4)c3CS)c2n1. The Labute approximate surface area is 217 Å². The van der Waals surface area contributed by atoms with Crippen molar-refractivity contribution in [1.29, 1.82) is 0 Å². The minimum absolute atomic E-state index is 0.0978. The molecule has 1 heterocycles. The summed E-state index contributed by atoms with van der Waals surface area (Å²) in [7, 11) is -2.16. The number of rotatable bonds is 9. The third-order valence-electron chi connectivity index (χ3n) is 5.93. The lowest BCUT2D eigenvalue weighted by Gasteiger charge is -2.21. The molecule has 0 fully saturated rings. The monoisotopic (exact) mass is 526 g/mol. The molecule has 0 amide bonds. The molecule has 4 rings (SSSR count). The number of fused-ring (bicyclic) bond motifs is 1. The number of hydrogen-bond acceptors (Lipinski definition) is 5. The van der Waals surface area contributed by atoms with Crippen molar-refractivity contribution in [1.82, 2.24) is 9.29 Å². The molecule has 0 bridgehead atoms. The van der Waals surface area contributed by atoms with Gasteiger partial charge in [0.15, 0.2) is 0 Å². The summed E-state index contributed by atoms with van der Waals surface area (Å²) < 4.78 is 34.5. The third kappa shape index (κ3) is 5.64. The zero-order chi connectivity index (χ0) is 25.0. The van der Waals surface area contributed by atoms with Gasteiger partial charge in [0.2, 0.25) is 10.0 Å². The second kappa shape index (κ2) is 11.0. The fourth-order valence-corrected chi connectivity index (χ4v) is 6.03. The molecule has 0 unspecified atom stereocenters. The van der Waals surface area contributed by atoms with E-state index in [0.717, 1.165) is 22.2 Å². The highest BCUT2D eigenvalue weighted by Gasteiger charge is 2.26. The van der Waals surface area contributed by atoms with E-state index >= 15 is 0 Å². The highest BCUT2D eigenvalue weighted by Crippen LogP contribution is 2.32. The number of para-hydroxylation sites is 1. The van der Waals surface area contributed by atoms with Crippen LogP contribution in [-0.4, -0.2) is 31.3 Å². The number of sulfonamides is 1. The molecule has 0 saturated heterocycles. The van der Waals surface area contributed by atoms with Gasteiger partial charge in [-0.2, -0.15) is 12.6 Å². The Kier molecular flexibility index (Phi) is 8.02. The van der Waals surface area contributed by atoms with Crippen LogP contribution < -0.4 is 4.74 Å². The molecule has 0 spiro atoms. The number of ether oxygens (including phenoxy) is 1. The predicted molar refractivity (Wildman–Crippen MR) is 145 cm³/mol. The molecule has 0 aliphatic carbocycles. The molecular formula is C27H27ClN2O3S2. The van der Waals surface area contributed by atoms with Gasteiger partial charge in [-0.25, -0.2) is 17.7 Å². The highest BCUT2D eigenvalue weighted by atomic mass is 35.5. The Bertz CT molecular complexity index is 1440. The van der Waals surface area contributed by atoms with Crippen molar-refractivity contribution >= 4 is 45.2 Å². The Hall–Kier alpha value is -2.58. The molecule has 1 aromatic heterocycles. The normalized spacial score (nSPS) is 11.8. The maximum Gasteiger partial charge on any atom is 0.243 e. The lowest BCUT2D eigenvalue weighted by Crippen LogP contribution is -2.30. The number of hydrogen-bond donors (Lipinski definition) is 1. The zero-order valence-corrected chi connectivity index (χ0v) is 22.1. The van der Waals surface area contributed by atoms with Crippen LogP contribution in [0.1, 0.15) is 22.4 Å². The van der Waals surface area contributed by atoms with Crippen LogP contribution in [0.25, 0.3) is 10.9 Å². The summed E-state index contributed by atoms with van der Waals surface area (Å²) >= 11 is 11.0. The molecule has 4 aromatic rings. The lowest BCUT2D eigenvalue weighted by atomic mass is 10.1. The summed E-state index contributed by atoms with van der Waals surface area (Å²) in [5.74, 6) is 0.813. The van der Waals surface area contributed by atoms with Crippen LogP contribution in [0, 0.1) is 6.92 Å². The average molecular weight is 527 g/mol. The number of thiol groups is 1. The quantitative estimate of drug-likeness (QED) is 0.269. The molecule has 0 N–H and O–H groups in total. The van der Waals surface area contributed by atoms with Crippen molar-refractivity contribution < 1.29 is 13.2 Å². The van der Waals surface area contributed by atoms with E-state index in [0.29, 0.717) is 34.9 Å². The van der Waals surface area contributed by atoms with Gasteiger partial charge in [0, 0.05) is 41.0 Å². The number of aryl methyl sites for hydroxylation is 1. The van der Waals surface area contributed by atoms with E-state index in [9.17, 15) is 8.42 Å². The third-order valence-corrected chi connectivity index (χ3v) is 8.54. The predicted octanol–water partition coefficient (Wildman–Crippen LogP) is 6.07. The standard InChI is InChI=1S/C27H27ClN2O3S2/c1-19-11-12-21-9-6-10-25(27(21)29-19)33-17-22-23(18-34)26(14-13-24(22)28)35(31,32)30(2)16-15-20-7-4-3-5-8-20/h3-14,34H,15-18H2,1-2H3. The molecule has 0 aliphatic heterocycles. The second-order valence-electron chi connectivity index (χ2n) is 8.29.